The van der Waals surface area contributed by atoms with Gasteiger partial charge in [-0.15, -0.1) is 10.2 Å². The zero-order valence-corrected chi connectivity index (χ0v) is 11.4. The highest BCUT2D eigenvalue weighted by Crippen LogP contribution is 2.14. The molecule has 0 aliphatic rings. The van der Waals surface area contributed by atoms with Crippen LogP contribution in [-0.4, -0.2) is 32.6 Å². The highest BCUT2D eigenvalue weighted by molar-refractivity contribution is 6.34. The molecule has 1 amide bonds. The highest BCUT2D eigenvalue weighted by atomic mass is 35.5. The lowest BCUT2D eigenvalue weighted by Gasteiger charge is -2.05. The Bertz CT molecular complexity index is 558. The molecule has 8 heteroatoms. The quantitative estimate of drug-likeness (QED) is 0.826. The van der Waals surface area contributed by atoms with Crippen LogP contribution >= 0.6 is 23.2 Å². The van der Waals surface area contributed by atoms with Gasteiger partial charge in [0.1, 0.15) is 5.82 Å². The molecule has 0 unspecified atom stereocenters. The van der Waals surface area contributed by atoms with E-state index in [0.717, 1.165) is 18.7 Å². The average Bonchev–Trinajstić information content (AvgIpc) is 2.90. The number of hydrogen-bond acceptors (Lipinski definition) is 4. The van der Waals surface area contributed by atoms with Gasteiger partial charge in [-0.1, -0.05) is 23.2 Å². The number of aromatic amines is 1. The van der Waals surface area contributed by atoms with Crippen LogP contribution < -0.4 is 5.32 Å². The van der Waals surface area contributed by atoms with E-state index in [1.807, 2.05) is 0 Å². The number of hydrogen-bond donors (Lipinski definition) is 2. The van der Waals surface area contributed by atoms with E-state index in [4.69, 9.17) is 23.2 Å². The minimum Gasteiger partial charge on any atom is -0.352 e. The summed E-state index contributed by atoms with van der Waals surface area (Å²) in [5.41, 5.74) is 0.222. The Labute approximate surface area is 119 Å². The molecule has 2 aromatic heterocycles. The number of halogens is 2. The van der Waals surface area contributed by atoms with Crippen LogP contribution in [0.15, 0.2) is 18.5 Å². The van der Waals surface area contributed by atoms with Gasteiger partial charge in [-0.05, 0) is 12.5 Å². The summed E-state index contributed by atoms with van der Waals surface area (Å²) in [4.78, 5) is 18.9. The number of nitrogens with zero attached hydrogens (tertiary/aromatic N) is 3. The molecule has 19 heavy (non-hydrogen) atoms. The number of nitrogens with one attached hydrogen (secondary N) is 2. The number of carbonyl (C=O) groups excluding carboxylic acids is 1. The third kappa shape index (κ3) is 3.90. The molecule has 0 aromatic carbocycles. The smallest absolute Gasteiger partial charge is 0.254 e. The first kappa shape index (κ1) is 13.8. The van der Waals surface area contributed by atoms with Crippen molar-refractivity contribution in [2.24, 2.45) is 0 Å². The average molecular weight is 300 g/mol. The van der Waals surface area contributed by atoms with Crippen LogP contribution in [0.2, 0.25) is 10.3 Å². The van der Waals surface area contributed by atoms with Gasteiger partial charge in [-0.2, -0.15) is 0 Å². The van der Waals surface area contributed by atoms with Crippen molar-refractivity contribution in [2.45, 2.75) is 12.8 Å². The summed E-state index contributed by atoms with van der Waals surface area (Å²) in [6.45, 7) is 0.510. The monoisotopic (exact) mass is 299 g/mol. The van der Waals surface area contributed by atoms with Crippen molar-refractivity contribution in [3.8, 4) is 0 Å². The maximum atomic E-state index is 11.8. The molecular weight excluding hydrogens is 289 g/mol. The topological polar surface area (TPSA) is 83.6 Å². The number of amides is 1. The Hall–Kier alpha value is -1.66. The van der Waals surface area contributed by atoms with E-state index in [1.165, 1.54) is 6.07 Å². The van der Waals surface area contributed by atoms with Gasteiger partial charge in [0.05, 0.1) is 5.56 Å². The Kier molecular flexibility index (Phi) is 4.70. The van der Waals surface area contributed by atoms with Crippen molar-refractivity contribution in [3.05, 3.63) is 40.2 Å². The molecule has 100 valence electrons. The zero-order valence-electron chi connectivity index (χ0n) is 9.86. The summed E-state index contributed by atoms with van der Waals surface area (Å²) in [7, 11) is 0. The van der Waals surface area contributed by atoms with E-state index in [9.17, 15) is 4.79 Å². The summed E-state index contributed by atoms with van der Waals surface area (Å²) in [5.74, 6) is 0.571. The molecule has 6 nitrogen and oxygen atoms in total. The summed E-state index contributed by atoms with van der Waals surface area (Å²) in [5, 5.41) is 10.0. The zero-order chi connectivity index (χ0) is 13.7. The van der Waals surface area contributed by atoms with E-state index < -0.39 is 0 Å². The maximum Gasteiger partial charge on any atom is 0.254 e. The molecule has 0 radical (unpaired) electrons. The number of imidazole rings is 1. The van der Waals surface area contributed by atoms with E-state index in [1.54, 1.807) is 12.4 Å². The Morgan fingerprint density at radius 1 is 1.37 bits per heavy atom. The minimum atomic E-state index is -0.318. The van der Waals surface area contributed by atoms with Crippen molar-refractivity contribution in [1.29, 1.82) is 0 Å². The Morgan fingerprint density at radius 3 is 2.95 bits per heavy atom. The predicted octanol–water partition coefficient (Wildman–Crippen LogP) is 1.87. The third-order valence-corrected chi connectivity index (χ3v) is 2.86. The maximum absolute atomic E-state index is 11.8. The summed E-state index contributed by atoms with van der Waals surface area (Å²) in [6, 6.07) is 1.39. The molecule has 0 saturated heterocycles. The van der Waals surface area contributed by atoms with Crippen molar-refractivity contribution >= 4 is 29.1 Å². The van der Waals surface area contributed by atoms with Crippen LogP contribution in [-0.2, 0) is 6.42 Å². The van der Waals surface area contributed by atoms with Gasteiger partial charge >= 0.3 is 0 Å². The van der Waals surface area contributed by atoms with Gasteiger partial charge in [-0.25, -0.2) is 4.98 Å². The van der Waals surface area contributed by atoms with Gasteiger partial charge in [0, 0.05) is 25.4 Å². The van der Waals surface area contributed by atoms with Crippen LogP contribution in [0, 0.1) is 0 Å². The third-order valence-electron chi connectivity index (χ3n) is 2.39. The molecule has 0 bridgehead atoms. The normalized spacial score (nSPS) is 10.4. The molecule has 2 rings (SSSR count). The van der Waals surface area contributed by atoms with Crippen molar-refractivity contribution in [1.82, 2.24) is 25.5 Å². The first-order valence-electron chi connectivity index (χ1n) is 5.62. The first-order valence-corrected chi connectivity index (χ1v) is 6.37. The Balaban J connectivity index is 1.82. The van der Waals surface area contributed by atoms with E-state index in [2.05, 4.69) is 25.5 Å². The SMILES string of the molecule is O=C(NCCCc1ncc[nH]1)c1cc(Cl)nnc1Cl. The van der Waals surface area contributed by atoms with Crippen LogP contribution in [0.4, 0.5) is 0 Å². The molecule has 2 heterocycles. The number of H-pyrrole nitrogens is 1. The molecule has 2 N–H and O–H groups in total. The molecular formula is C11H11Cl2N5O. The van der Waals surface area contributed by atoms with Gasteiger partial charge < -0.3 is 10.3 Å². The molecule has 0 aliphatic heterocycles. The van der Waals surface area contributed by atoms with Gasteiger partial charge in [-0.3, -0.25) is 4.79 Å². The van der Waals surface area contributed by atoms with Gasteiger partial charge in [0.2, 0.25) is 0 Å². The molecule has 0 spiro atoms. The van der Waals surface area contributed by atoms with Crippen LogP contribution in [0.1, 0.15) is 22.6 Å². The fraction of sp³-hybridized carbons (Fsp3) is 0.273. The fourth-order valence-corrected chi connectivity index (χ4v) is 1.83. The van der Waals surface area contributed by atoms with Gasteiger partial charge in [0.15, 0.2) is 10.3 Å². The van der Waals surface area contributed by atoms with Crippen molar-refractivity contribution in [2.75, 3.05) is 6.54 Å². The van der Waals surface area contributed by atoms with E-state index in [0.29, 0.717) is 6.54 Å². The summed E-state index contributed by atoms with van der Waals surface area (Å²) in [6.07, 6.45) is 4.98. The lowest BCUT2D eigenvalue weighted by atomic mass is 10.2. The molecule has 0 aliphatic carbocycles. The molecule has 0 saturated carbocycles. The summed E-state index contributed by atoms with van der Waals surface area (Å²) < 4.78 is 0. The minimum absolute atomic E-state index is 0.0351. The largest absolute Gasteiger partial charge is 0.352 e. The highest BCUT2D eigenvalue weighted by Gasteiger charge is 2.12. The standard InChI is InChI=1S/C11H11Cl2N5O/c12-8-6-7(10(13)18-17-8)11(19)16-3-1-2-9-14-4-5-15-9/h4-6H,1-3H2,(H,14,15)(H,16,19). The molecule has 2 aromatic rings. The van der Waals surface area contributed by atoms with Crippen LogP contribution in [0.3, 0.4) is 0 Å². The van der Waals surface area contributed by atoms with E-state index >= 15 is 0 Å². The molecule has 0 atom stereocenters. The number of aryl methyl sites for hydroxylation is 1. The van der Waals surface area contributed by atoms with Crippen molar-refractivity contribution < 1.29 is 4.79 Å². The summed E-state index contributed by atoms with van der Waals surface area (Å²) >= 11 is 11.4. The Morgan fingerprint density at radius 2 is 2.21 bits per heavy atom. The lowest BCUT2D eigenvalue weighted by Crippen LogP contribution is -2.25. The van der Waals surface area contributed by atoms with E-state index in [-0.39, 0.29) is 21.8 Å². The molecule has 0 fully saturated rings. The fourth-order valence-electron chi connectivity index (χ4n) is 1.50. The lowest BCUT2D eigenvalue weighted by molar-refractivity contribution is 0.0952. The number of carbonyl (C=O) groups is 1. The number of rotatable bonds is 5. The predicted molar refractivity (Wildman–Crippen MR) is 71.3 cm³/mol. The first-order chi connectivity index (χ1) is 9.16. The van der Waals surface area contributed by atoms with Crippen LogP contribution in [0.5, 0.6) is 0 Å². The second kappa shape index (κ2) is 6.49. The van der Waals surface area contributed by atoms with Gasteiger partial charge in [0.25, 0.3) is 5.91 Å². The second-order valence-electron chi connectivity index (χ2n) is 3.77. The second-order valence-corrected chi connectivity index (χ2v) is 4.51. The van der Waals surface area contributed by atoms with Crippen molar-refractivity contribution in [3.63, 3.8) is 0 Å². The number of aromatic nitrogens is 4. The van der Waals surface area contributed by atoms with Crippen LogP contribution in [0.25, 0.3) is 0 Å².